The number of hydrogen-bond acceptors (Lipinski definition) is 4. The molecule has 0 aromatic carbocycles. The Morgan fingerprint density at radius 1 is 1.41 bits per heavy atom. The minimum absolute atomic E-state index is 0.311. The topological polar surface area (TPSA) is 46.2 Å². The predicted octanol–water partition coefficient (Wildman–Crippen LogP) is 2.08. The van der Waals surface area contributed by atoms with Gasteiger partial charge in [-0.2, -0.15) is 11.8 Å². The minimum atomic E-state index is -2.83. The summed E-state index contributed by atoms with van der Waals surface area (Å²) in [5.74, 6) is 1.54. The molecular formula is C12H25NO2S2. The van der Waals surface area contributed by atoms with E-state index in [2.05, 4.69) is 12.2 Å². The molecule has 1 fully saturated rings. The highest BCUT2D eigenvalue weighted by molar-refractivity contribution is 8.00. The minimum Gasteiger partial charge on any atom is -0.313 e. The monoisotopic (exact) mass is 279 g/mol. The van der Waals surface area contributed by atoms with Crippen molar-refractivity contribution >= 4 is 21.6 Å². The maximum atomic E-state index is 11.3. The van der Waals surface area contributed by atoms with E-state index in [9.17, 15) is 8.42 Å². The highest BCUT2D eigenvalue weighted by Gasteiger charge is 2.24. The van der Waals surface area contributed by atoms with Gasteiger partial charge < -0.3 is 5.32 Å². The summed E-state index contributed by atoms with van der Waals surface area (Å²) in [4.78, 5) is 0. The van der Waals surface area contributed by atoms with Gasteiger partial charge in [-0.15, -0.1) is 0 Å². The number of hydrogen-bond donors (Lipinski definition) is 1. The molecule has 0 saturated carbocycles. The molecule has 0 aliphatic carbocycles. The molecule has 0 spiro atoms. The molecule has 0 aromatic rings. The Morgan fingerprint density at radius 2 is 2.18 bits per heavy atom. The molecule has 0 radical (unpaired) electrons. The van der Waals surface area contributed by atoms with Crippen LogP contribution in [0, 0.1) is 0 Å². The van der Waals surface area contributed by atoms with Crippen LogP contribution in [0.15, 0.2) is 0 Å². The van der Waals surface area contributed by atoms with Crippen LogP contribution in [0.2, 0.25) is 0 Å². The van der Waals surface area contributed by atoms with Crippen LogP contribution >= 0.6 is 11.8 Å². The van der Waals surface area contributed by atoms with Gasteiger partial charge in [0.15, 0.2) is 0 Å². The zero-order chi connectivity index (χ0) is 12.7. The smallest absolute Gasteiger partial charge is 0.147 e. The van der Waals surface area contributed by atoms with Crippen LogP contribution in [0.1, 0.15) is 39.0 Å². The third-order valence-electron chi connectivity index (χ3n) is 3.12. The van der Waals surface area contributed by atoms with Crippen LogP contribution in [0.25, 0.3) is 0 Å². The molecule has 1 N–H and O–H groups in total. The van der Waals surface area contributed by atoms with Crippen LogP contribution in [0.3, 0.4) is 0 Å². The quantitative estimate of drug-likeness (QED) is 0.775. The molecule has 1 saturated heterocycles. The number of thioether (sulfide) groups is 1. The standard InChI is InChI=1S/C12H25NO2S2/c1-3-8-13-11(7-10-17(2,14)15)12-6-4-5-9-16-12/h11-13H,3-10H2,1-2H3. The van der Waals surface area contributed by atoms with Crippen molar-refractivity contribution in [3.8, 4) is 0 Å². The van der Waals surface area contributed by atoms with Crippen molar-refractivity contribution in [3.63, 3.8) is 0 Å². The molecule has 2 atom stereocenters. The summed E-state index contributed by atoms with van der Waals surface area (Å²) in [6, 6.07) is 0.370. The molecule has 102 valence electrons. The Kier molecular flexibility index (Phi) is 6.89. The van der Waals surface area contributed by atoms with Crippen molar-refractivity contribution in [1.82, 2.24) is 5.32 Å². The Labute approximate surface area is 110 Å². The average molecular weight is 279 g/mol. The average Bonchev–Trinajstić information content (AvgIpc) is 2.29. The summed E-state index contributed by atoms with van der Waals surface area (Å²) in [6.45, 7) is 3.14. The molecule has 1 heterocycles. The van der Waals surface area contributed by atoms with Gasteiger partial charge in [0.2, 0.25) is 0 Å². The molecule has 0 bridgehead atoms. The first-order valence-corrected chi connectivity index (χ1v) is 9.66. The van der Waals surface area contributed by atoms with Gasteiger partial charge in [-0.25, -0.2) is 8.42 Å². The fraction of sp³-hybridized carbons (Fsp3) is 1.00. The van der Waals surface area contributed by atoms with Crippen LogP contribution in [-0.2, 0) is 9.84 Å². The second-order valence-electron chi connectivity index (χ2n) is 4.88. The van der Waals surface area contributed by atoms with Crippen molar-refractivity contribution in [2.24, 2.45) is 0 Å². The van der Waals surface area contributed by atoms with E-state index in [0.29, 0.717) is 17.0 Å². The third kappa shape index (κ3) is 6.67. The first-order chi connectivity index (χ1) is 8.03. The number of rotatable bonds is 7. The lowest BCUT2D eigenvalue weighted by atomic mass is 10.0. The van der Waals surface area contributed by atoms with Crippen molar-refractivity contribution < 1.29 is 8.42 Å². The third-order valence-corrected chi connectivity index (χ3v) is 5.61. The molecule has 1 rings (SSSR count). The van der Waals surface area contributed by atoms with E-state index in [1.807, 2.05) is 11.8 Å². The highest BCUT2D eigenvalue weighted by Crippen LogP contribution is 2.28. The summed E-state index contributed by atoms with van der Waals surface area (Å²) in [5.41, 5.74) is 0. The largest absolute Gasteiger partial charge is 0.313 e. The molecule has 1 aliphatic rings. The van der Waals surface area contributed by atoms with Crippen molar-refractivity contribution in [1.29, 1.82) is 0 Å². The molecule has 0 aromatic heterocycles. The van der Waals surface area contributed by atoms with Crippen LogP contribution in [-0.4, -0.2) is 44.0 Å². The van der Waals surface area contributed by atoms with Gasteiger partial charge in [0.1, 0.15) is 9.84 Å². The molecule has 0 amide bonds. The van der Waals surface area contributed by atoms with E-state index < -0.39 is 9.84 Å². The van der Waals surface area contributed by atoms with Gasteiger partial charge in [-0.3, -0.25) is 0 Å². The van der Waals surface area contributed by atoms with E-state index in [4.69, 9.17) is 0 Å². The fourth-order valence-corrected chi connectivity index (χ4v) is 4.33. The van der Waals surface area contributed by atoms with Gasteiger partial charge >= 0.3 is 0 Å². The van der Waals surface area contributed by atoms with E-state index in [1.165, 1.54) is 31.3 Å². The van der Waals surface area contributed by atoms with Crippen molar-refractivity contribution in [2.75, 3.05) is 24.3 Å². The van der Waals surface area contributed by atoms with Gasteiger partial charge in [-0.1, -0.05) is 13.3 Å². The summed E-state index contributed by atoms with van der Waals surface area (Å²) in [6.07, 6.45) is 7.03. The summed E-state index contributed by atoms with van der Waals surface area (Å²) in [5, 5.41) is 4.13. The number of nitrogens with one attached hydrogen (secondary N) is 1. The number of sulfone groups is 1. The van der Waals surface area contributed by atoms with Gasteiger partial charge in [0, 0.05) is 17.5 Å². The normalized spacial score (nSPS) is 23.5. The lowest BCUT2D eigenvalue weighted by molar-refractivity contribution is 0.452. The van der Waals surface area contributed by atoms with Crippen LogP contribution in [0.4, 0.5) is 0 Å². The Balaban J connectivity index is 2.46. The van der Waals surface area contributed by atoms with E-state index in [-0.39, 0.29) is 0 Å². The van der Waals surface area contributed by atoms with E-state index in [0.717, 1.165) is 19.4 Å². The van der Waals surface area contributed by atoms with Gasteiger partial charge in [0.25, 0.3) is 0 Å². The van der Waals surface area contributed by atoms with E-state index >= 15 is 0 Å². The summed E-state index contributed by atoms with van der Waals surface area (Å²) in [7, 11) is -2.83. The Bertz CT molecular complexity index is 298. The van der Waals surface area contributed by atoms with Crippen molar-refractivity contribution in [2.45, 2.75) is 50.3 Å². The maximum absolute atomic E-state index is 11.3. The summed E-state index contributed by atoms with van der Waals surface area (Å²) >= 11 is 2.01. The van der Waals surface area contributed by atoms with Crippen LogP contribution in [0.5, 0.6) is 0 Å². The lowest BCUT2D eigenvalue weighted by Crippen LogP contribution is -2.41. The Hall–Kier alpha value is 0.260. The molecule has 1 aliphatic heterocycles. The molecule has 3 nitrogen and oxygen atoms in total. The lowest BCUT2D eigenvalue weighted by Gasteiger charge is -2.30. The zero-order valence-corrected chi connectivity index (χ0v) is 12.6. The van der Waals surface area contributed by atoms with Gasteiger partial charge in [0.05, 0.1) is 5.75 Å². The second-order valence-corrected chi connectivity index (χ2v) is 8.49. The van der Waals surface area contributed by atoms with E-state index in [1.54, 1.807) is 0 Å². The second kappa shape index (κ2) is 7.64. The first kappa shape index (κ1) is 15.3. The SMILES string of the molecule is CCCNC(CCS(C)(=O)=O)C1CCCCS1. The molecule has 17 heavy (non-hydrogen) atoms. The fourth-order valence-electron chi connectivity index (χ4n) is 2.17. The van der Waals surface area contributed by atoms with Gasteiger partial charge in [-0.05, 0) is 38.0 Å². The molecular weight excluding hydrogens is 254 g/mol. The summed E-state index contributed by atoms with van der Waals surface area (Å²) < 4.78 is 22.5. The zero-order valence-electron chi connectivity index (χ0n) is 10.9. The predicted molar refractivity (Wildman–Crippen MR) is 76.5 cm³/mol. The van der Waals surface area contributed by atoms with Crippen molar-refractivity contribution in [3.05, 3.63) is 0 Å². The van der Waals surface area contributed by atoms with Crippen LogP contribution < -0.4 is 5.32 Å². The maximum Gasteiger partial charge on any atom is 0.147 e. The first-order valence-electron chi connectivity index (χ1n) is 6.55. The Morgan fingerprint density at radius 3 is 2.71 bits per heavy atom. The molecule has 5 heteroatoms. The molecule has 2 unspecified atom stereocenters. The highest BCUT2D eigenvalue weighted by atomic mass is 32.2.